The van der Waals surface area contributed by atoms with E-state index in [1.807, 2.05) is 0 Å². The standard InChI is InChI=1S/C19H21ClN2O4S/c1-26-18-9-8-14(12-15(18)20)13-19(23)21-10-5-11-22(27(2,24)25)17-7-4-3-6-16(17)21/h3-4,6-9,12H,5,10-11,13H2,1-2H3. The summed E-state index contributed by atoms with van der Waals surface area (Å²) in [6.45, 7) is 0.791. The predicted molar refractivity (Wildman–Crippen MR) is 107 cm³/mol. The van der Waals surface area contributed by atoms with Crippen LogP contribution in [0.25, 0.3) is 0 Å². The molecule has 0 fully saturated rings. The van der Waals surface area contributed by atoms with E-state index < -0.39 is 10.0 Å². The van der Waals surface area contributed by atoms with Gasteiger partial charge < -0.3 is 9.64 Å². The van der Waals surface area contributed by atoms with Crippen molar-refractivity contribution in [1.82, 2.24) is 0 Å². The van der Waals surface area contributed by atoms with Gasteiger partial charge in [-0.05, 0) is 36.2 Å². The van der Waals surface area contributed by atoms with Crippen molar-refractivity contribution in [3.05, 3.63) is 53.1 Å². The summed E-state index contributed by atoms with van der Waals surface area (Å²) in [7, 11) is -1.88. The highest BCUT2D eigenvalue weighted by atomic mass is 35.5. The molecule has 0 spiro atoms. The summed E-state index contributed by atoms with van der Waals surface area (Å²) in [6.07, 6.45) is 1.90. The fourth-order valence-corrected chi connectivity index (χ4v) is 4.46. The molecule has 2 aromatic rings. The second kappa shape index (κ2) is 7.78. The molecule has 1 aliphatic rings. The lowest BCUT2D eigenvalue weighted by atomic mass is 10.1. The molecular weight excluding hydrogens is 388 g/mol. The Labute approximate surface area is 164 Å². The first-order valence-electron chi connectivity index (χ1n) is 8.51. The number of halogens is 1. The molecule has 1 aliphatic heterocycles. The van der Waals surface area contributed by atoms with Gasteiger partial charge in [0.2, 0.25) is 15.9 Å². The molecule has 0 N–H and O–H groups in total. The predicted octanol–water partition coefficient (Wildman–Crippen LogP) is 3.09. The van der Waals surface area contributed by atoms with Crippen LogP contribution in [0.3, 0.4) is 0 Å². The van der Waals surface area contributed by atoms with Crippen molar-refractivity contribution in [1.29, 1.82) is 0 Å². The molecular formula is C19H21ClN2O4S. The highest BCUT2D eigenvalue weighted by Crippen LogP contribution is 2.34. The molecule has 0 aliphatic carbocycles. The van der Waals surface area contributed by atoms with Gasteiger partial charge in [0.1, 0.15) is 5.75 Å². The lowest BCUT2D eigenvalue weighted by Crippen LogP contribution is -2.32. The molecule has 1 amide bonds. The lowest BCUT2D eigenvalue weighted by molar-refractivity contribution is -0.118. The summed E-state index contributed by atoms with van der Waals surface area (Å²) in [6, 6.07) is 12.3. The summed E-state index contributed by atoms with van der Waals surface area (Å²) < 4.78 is 30.8. The number of carbonyl (C=O) groups excluding carboxylic acids is 1. The molecule has 2 aromatic carbocycles. The van der Waals surface area contributed by atoms with Crippen LogP contribution >= 0.6 is 11.6 Å². The molecule has 0 bridgehead atoms. The number of benzene rings is 2. The molecule has 0 aromatic heterocycles. The van der Waals surface area contributed by atoms with Crippen LogP contribution in [0.5, 0.6) is 5.75 Å². The lowest BCUT2D eigenvalue weighted by Gasteiger charge is -2.25. The minimum absolute atomic E-state index is 0.112. The number of para-hydroxylation sites is 2. The molecule has 0 saturated carbocycles. The van der Waals surface area contributed by atoms with Gasteiger partial charge >= 0.3 is 0 Å². The van der Waals surface area contributed by atoms with E-state index in [-0.39, 0.29) is 12.3 Å². The third kappa shape index (κ3) is 4.20. The molecule has 0 saturated heterocycles. The van der Waals surface area contributed by atoms with Gasteiger partial charge in [-0.15, -0.1) is 0 Å². The summed E-state index contributed by atoms with van der Waals surface area (Å²) >= 11 is 6.15. The Morgan fingerprint density at radius 2 is 1.85 bits per heavy atom. The number of hydrogen-bond acceptors (Lipinski definition) is 4. The first kappa shape index (κ1) is 19.5. The zero-order valence-electron chi connectivity index (χ0n) is 15.2. The van der Waals surface area contributed by atoms with Crippen molar-refractivity contribution >= 4 is 38.9 Å². The number of ether oxygens (including phenoxy) is 1. The van der Waals surface area contributed by atoms with Crippen LogP contribution in [0.1, 0.15) is 12.0 Å². The summed E-state index contributed by atoms with van der Waals surface area (Å²) in [4.78, 5) is 14.6. The van der Waals surface area contributed by atoms with E-state index in [4.69, 9.17) is 16.3 Å². The Balaban J connectivity index is 1.91. The number of anilines is 2. The normalized spacial score (nSPS) is 14.5. The quantitative estimate of drug-likeness (QED) is 0.779. The van der Waals surface area contributed by atoms with Crippen LogP contribution in [0.4, 0.5) is 11.4 Å². The smallest absolute Gasteiger partial charge is 0.232 e. The Morgan fingerprint density at radius 3 is 2.48 bits per heavy atom. The topological polar surface area (TPSA) is 66.9 Å². The second-order valence-electron chi connectivity index (χ2n) is 6.37. The SMILES string of the molecule is COc1ccc(CC(=O)N2CCCN(S(C)(=O)=O)c3ccccc32)cc1Cl. The summed E-state index contributed by atoms with van der Waals surface area (Å²) in [5.41, 5.74) is 1.90. The Kier molecular flexibility index (Phi) is 5.62. The van der Waals surface area contributed by atoms with Crippen LogP contribution in [0, 0.1) is 0 Å². The highest BCUT2D eigenvalue weighted by Gasteiger charge is 2.28. The molecule has 8 heteroatoms. The van der Waals surface area contributed by atoms with E-state index in [1.54, 1.807) is 47.4 Å². The van der Waals surface area contributed by atoms with E-state index in [1.165, 1.54) is 17.7 Å². The molecule has 3 rings (SSSR count). The summed E-state index contributed by atoms with van der Waals surface area (Å²) in [5, 5.41) is 0.447. The molecule has 27 heavy (non-hydrogen) atoms. The largest absolute Gasteiger partial charge is 0.495 e. The van der Waals surface area contributed by atoms with Crippen molar-refractivity contribution in [3.8, 4) is 5.75 Å². The van der Waals surface area contributed by atoms with Crippen molar-refractivity contribution in [3.63, 3.8) is 0 Å². The first-order valence-corrected chi connectivity index (χ1v) is 10.7. The molecule has 0 radical (unpaired) electrons. The van der Waals surface area contributed by atoms with Gasteiger partial charge in [-0.25, -0.2) is 8.42 Å². The number of amides is 1. The van der Waals surface area contributed by atoms with Crippen LogP contribution in [0.2, 0.25) is 5.02 Å². The van der Waals surface area contributed by atoms with Crippen LogP contribution in [-0.4, -0.2) is 40.8 Å². The zero-order valence-corrected chi connectivity index (χ0v) is 16.8. The van der Waals surface area contributed by atoms with Crippen molar-refractivity contribution in [2.45, 2.75) is 12.8 Å². The maximum atomic E-state index is 13.0. The fraction of sp³-hybridized carbons (Fsp3) is 0.316. The van der Waals surface area contributed by atoms with E-state index in [2.05, 4.69) is 0 Å². The van der Waals surface area contributed by atoms with Gasteiger partial charge in [0.25, 0.3) is 0 Å². The number of carbonyl (C=O) groups is 1. The minimum atomic E-state index is -3.42. The zero-order chi connectivity index (χ0) is 19.6. The average molecular weight is 409 g/mol. The molecule has 1 heterocycles. The van der Waals surface area contributed by atoms with E-state index in [0.717, 1.165) is 5.56 Å². The third-order valence-electron chi connectivity index (χ3n) is 4.46. The number of rotatable bonds is 4. The van der Waals surface area contributed by atoms with Gasteiger partial charge in [0.05, 0.1) is 36.2 Å². The van der Waals surface area contributed by atoms with Gasteiger partial charge in [-0.1, -0.05) is 29.8 Å². The third-order valence-corrected chi connectivity index (χ3v) is 5.93. The van der Waals surface area contributed by atoms with Crippen molar-refractivity contribution in [2.75, 3.05) is 35.7 Å². The Morgan fingerprint density at radius 1 is 1.15 bits per heavy atom. The average Bonchev–Trinajstić information content (AvgIpc) is 2.81. The van der Waals surface area contributed by atoms with Crippen molar-refractivity contribution < 1.29 is 17.9 Å². The van der Waals surface area contributed by atoms with Crippen LogP contribution in [0.15, 0.2) is 42.5 Å². The minimum Gasteiger partial charge on any atom is -0.495 e. The number of methoxy groups -OCH3 is 1. The highest BCUT2D eigenvalue weighted by molar-refractivity contribution is 7.92. The van der Waals surface area contributed by atoms with Crippen LogP contribution in [-0.2, 0) is 21.2 Å². The number of hydrogen-bond donors (Lipinski definition) is 0. The van der Waals surface area contributed by atoms with E-state index >= 15 is 0 Å². The Bertz CT molecular complexity index is 962. The fourth-order valence-electron chi connectivity index (χ4n) is 3.21. The maximum Gasteiger partial charge on any atom is 0.232 e. The molecule has 6 nitrogen and oxygen atoms in total. The monoisotopic (exact) mass is 408 g/mol. The first-order chi connectivity index (χ1) is 12.8. The van der Waals surface area contributed by atoms with Gasteiger partial charge in [-0.2, -0.15) is 0 Å². The van der Waals surface area contributed by atoms with Gasteiger partial charge in [0.15, 0.2) is 0 Å². The number of fused-ring (bicyclic) bond motifs is 1. The van der Waals surface area contributed by atoms with Crippen LogP contribution < -0.4 is 13.9 Å². The van der Waals surface area contributed by atoms with Crippen molar-refractivity contribution in [2.24, 2.45) is 0 Å². The summed E-state index contributed by atoms with van der Waals surface area (Å²) in [5.74, 6) is 0.441. The number of sulfonamides is 1. The second-order valence-corrected chi connectivity index (χ2v) is 8.68. The molecule has 144 valence electrons. The van der Waals surface area contributed by atoms with Gasteiger partial charge in [-0.3, -0.25) is 9.10 Å². The molecule has 0 unspecified atom stereocenters. The van der Waals surface area contributed by atoms with E-state index in [9.17, 15) is 13.2 Å². The maximum absolute atomic E-state index is 13.0. The Hall–Kier alpha value is -2.25. The molecule has 0 atom stereocenters. The van der Waals surface area contributed by atoms with Gasteiger partial charge in [0, 0.05) is 13.1 Å². The number of nitrogens with zero attached hydrogens (tertiary/aromatic N) is 2. The van der Waals surface area contributed by atoms with E-state index in [0.29, 0.717) is 41.7 Å².